The standard InChI is InChI=1S/C23H17ClFN3O5S/c1-3-33-22(30)19-12(2)26-23-27(20(19)13-6-4-7-14(10-13)28(31)32)21(29)18(34-23)11-15-16(24)8-5-9-17(15)25/h4-11,20H,3H2,1-2H3/b18-11+. The normalized spacial score (nSPS) is 15.6. The molecular weight excluding hydrogens is 485 g/mol. The van der Waals surface area contributed by atoms with Crippen molar-refractivity contribution in [2.24, 2.45) is 4.99 Å². The van der Waals surface area contributed by atoms with E-state index in [1.54, 1.807) is 19.9 Å². The van der Waals surface area contributed by atoms with Crippen LogP contribution < -0.4 is 14.9 Å². The van der Waals surface area contributed by atoms with E-state index in [4.69, 9.17) is 16.3 Å². The summed E-state index contributed by atoms with van der Waals surface area (Å²) in [6, 6.07) is 8.83. The van der Waals surface area contributed by atoms with Crippen molar-refractivity contribution in [2.75, 3.05) is 6.61 Å². The highest BCUT2D eigenvalue weighted by molar-refractivity contribution is 7.07. The largest absolute Gasteiger partial charge is 0.463 e. The zero-order valence-electron chi connectivity index (χ0n) is 18.0. The number of hydrogen-bond donors (Lipinski definition) is 0. The van der Waals surface area contributed by atoms with Gasteiger partial charge in [0.2, 0.25) is 0 Å². The zero-order valence-corrected chi connectivity index (χ0v) is 19.5. The summed E-state index contributed by atoms with van der Waals surface area (Å²) < 4.78 is 20.9. The molecule has 0 amide bonds. The number of carbonyl (C=O) groups is 1. The van der Waals surface area contributed by atoms with Crippen LogP contribution in [-0.2, 0) is 9.53 Å². The van der Waals surface area contributed by atoms with Crippen LogP contribution in [0, 0.1) is 15.9 Å². The van der Waals surface area contributed by atoms with Crippen molar-refractivity contribution >= 4 is 40.7 Å². The monoisotopic (exact) mass is 501 g/mol. The van der Waals surface area contributed by atoms with Crippen LogP contribution in [0.25, 0.3) is 6.08 Å². The van der Waals surface area contributed by atoms with Gasteiger partial charge in [-0.25, -0.2) is 14.2 Å². The van der Waals surface area contributed by atoms with Crippen molar-refractivity contribution in [1.82, 2.24) is 4.57 Å². The molecule has 0 fully saturated rings. The van der Waals surface area contributed by atoms with Crippen LogP contribution in [0.3, 0.4) is 0 Å². The molecule has 1 atom stereocenters. The van der Waals surface area contributed by atoms with Crippen molar-refractivity contribution in [3.8, 4) is 0 Å². The maximum absolute atomic E-state index is 14.4. The predicted octanol–water partition coefficient (Wildman–Crippen LogP) is 3.50. The van der Waals surface area contributed by atoms with E-state index in [1.165, 1.54) is 47.0 Å². The Bertz CT molecular complexity index is 1520. The fourth-order valence-corrected chi connectivity index (χ4v) is 4.94. The molecule has 11 heteroatoms. The van der Waals surface area contributed by atoms with Gasteiger partial charge in [0.25, 0.3) is 11.2 Å². The summed E-state index contributed by atoms with van der Waals surface area (Å²) in [6.45, 7) is 3.33. The molecule has 2 aromatic carbocycles. The number of aromatic nitrogens is 1. The fourth-order valence-electron chi connectivity index (χ4n) is 3.70. The third-order valence-corrected chi connectivity index (χ3v) is 6.50. The van der Waals surface area contributed by atoms with Crippen molar-refractivity contribution in [3.05, 3.63) is 106 Å². The van der Waals surface area contributed by atoms with Crippen LogP contribution in [0.4, 0.5) is 10.1 Å². The number of hydrogen-bond acceptors (Lipinski definition) is 7. The van der Waals surface area contributed by atoms with E-state index in [9.17, 15) is 24.1 Å². The quantitative estimate of drug-likeness (QED) is 0.302. The molecule has 1 aromatic heterocycles. The summed E-state index contributed by atoms with van der Waals surface area (Å²) in [5.74, 6) is -1.29. The lowest BCUT2D eigenvalue weighted by Crippen LogP contribution is -2.40. The minimum atomic E-state index is -1.02. The molecule has 174 valence electrons. The highest BCUT2D eigenvalue weighted by Crippen LogP contribution is 2.32. The Morgan fingerprint density at radius 1 is 1.35 bits per heavy atom. The maximum atomic E-state index is 14.4. The van der Waals surface area contributed by atoms with Gasteiger partial charge in [-0.15, -0.1) is 0 Å². The predicted molar refractivity (Wildman–Crippen MR) is 125 cm³/mol. The highest BCUT2D eigenvalue weighted by atomic mass is 35.5. The summed E-state index contributed by atoms with van der Waals surface area (Å²) >= 11 is 7.12. The fraction of sp³-hybridized carbons (Fsp3) is 0.174. The van der Waals surface area contributed by atoms with E-state index in [1.807, 2.05) is 0 Å². The first-order chi connectivity index (χ1) is 16.2. The van der Waals surface area contributed by atoms with E-state index < -0.39 is 28.3 Å². The number of allylic oxidation sites excluding steroid dienone is 1. The first-order valence-electron chi connectivity index (χ1n) is 10.1. The average Bonchev–Trinajstić information content (AvgIpc) is 3.10. The van der Waals surface area contributed by atoms with Crippen molar-refractivity contribution < 1.29 is 18.8 Å². The number of rotatable bonds is 5. The third kappa shape index (κ3) is 4.17. The van der Waals surface area contributed by atoms with Crippen LogP contribution >= 0.6 is 22.9 Å². The number of halogens is 2. The van der Waals surface area contributed by atoms with Gasteiger partial charge in [-0.2, -0.15) is 0 Å². The van der Waals surface area contributed by atoms with Gasteiger partial charge in [0, 0.05) is 17.7 Å². The van der Waals surface area contributed by atoms with Crippen molar-refractivity contribution in [1.29, 1.82) is 0 Å². The molecule has 0 radical (unpaired) electrons. The van der Waals surface area contributed by atoms with Gasteiger partial charge < -0.3 is 4.74 Å². The Balaban J connectivity index is 2.01. The van der Waals surface area contributed by atoms with Gasteiger partial charge in [0.1, 0.15) is 5.82 Å². The molecule has 0 N–H and O–H groups in total. The lowest BCUT2D eigenvalue weighted by atomic mass is 9.95. The Kier molecular flexibility index (Phi) is 6.45. The number of non-ortho nitro benzene ring substituents is 1. The number of nitro benzene ring substituents is 1. The first kappa shape index (κ1) is 23.5. The molecule has 0 saturated heterocycles. The third-order valence-electron chi connectivity index (χ3n) is 5.19. The Labute approximate surface area is 201 Å². The number of carbonyl (C=O) groups excluding carboxylic acids is 1. The molecule has 0 aliphatic carbocycles. The zero-order chi connectivity index (χ0) is 24.6. The van der Waals surface area contributed by atoms with Gasteiger partial charge in [-0.1, -0.05) is 41.1 Å². The highest BCUT2D eigenvalue weighted by Gasteiger charge is 2.34. The van der Waals surface area contributed by atoms with E-state index in [0.29, 0.717) is 11.3 Å². The smallest absolute Gasteiger partial charge is 0.338 e. The molecule has 34 heavy (non-hydrogen) atoms. The number of thiazole rings is 1. The van der Waals surface area contributed by atoms with Crippen molar-refractivity contribution in [2.45, 2.75) is 19.9 Å². The van der Waals surface area contributed by atoms with Gasteiger partial charge in [-0.05, 0) is 37.6 Å². The number of ether oxygens (including phenoxy) is 1. The molecule has 1 aliphatic rings. The molecule has 0 spiro atoms. The maximum Gasteiger partial charge on any atom is 0.338 e. The molecule has 1 aliphatic heterocycles. The minimum absolute atomic E-state index is 0.0441. The number of benzene rings is 2. The second kappa shape index (κ2) is 9.32. The number of esters is 1. The topological polar surface area (TPSA) is 104 Å². The lowest BCUT2D eigenvalue weighted by molar-refractivity contribution is -0.384. The summed E-state index contributed by atoms with van der Waals surface area (Å²) in [5, 5.41) is 11.5. The average molecular weight is 502 g/mol. The van der Waals surface area contributed by atoms with Crippen LogP contribution in [0.2, 0.25) is 5.02 Å². The summed E-state index contributed by atoms with van der Waals surface area (Å²) in [5.41, 5.74) is 0.0344. The molecule has 2 heterocycles. The lowest BCUT2D eigenvalue weighted by Gasteiger charge is -2.24. The van der Waals surface area contributed by atoms with Crippen molar-refractivity contribution in [3.63, 3.8) is 0 Å². The summed E-state index contributed by atoms with van der Waals surface area (Å²) in [7, 11) is 0. The molecule has 0 bridgehead atoms. The molecule has 1 unspecified atom stereocenters. The molecular formula is C23H17ClFN3O5S. The Morgan fingerprint density at radius 2 is 2.09 bits per heavy atom. The van der Waals surface area contributed by atoms with Crippen LogP contribution in [0.1, 0.15) is 31.0 Å². The van der Waals surface area contributed by atoms with Gasteiger partial charge in [-0.3, -0.25) is 19.5 Å². The SMILES string of the molecule is CCOC(=O)C1=C(C)N=c2s/c(=C/c3c(F)cccc3Cl)c(=O)n2C1c1cccc([N+](=O)[O-])c1. The Hall–Kier alpha value is -3.63. The molecule has 8 nitrogen and oxygen atoms in total. The first-order valence-corrected chi connectivity index (χ1v) is 11.3. The number of nitro groups is 1. The number of fused-ring (bicyclic) bond motifs is 1. The molecule has 0 saturated carbocycles. The van der Waals surface area contributed by atoms with E-state index in [0.717, 1.165) is 11.3 Å². The summed E-state index contributed by atoms with van der Waals surface area (Å²) in [4.78, 5) is 41.8. The molecule has 4 rings (SSSR count). The number of nitrogens with zero attached hydrogens (tertiary/aromatic N) is 3. The molecule has 3 aromatic rings. The van der Waals surface area contributed by atoms with E-state index in [2.05, 4.69) is 4.99 Å². The van der Waals surface area contributed by atoms with Crippen LogP contribution in [0.15, 0.2) is 63.5 Å². The second-order valence-electron chi connectivity index (χ2n) is 7.29. The Morgan fingerprint density at radius 3 is 2.76 bits per heavy atom. The van der Waals surface area contributed by atoms with Crippen LogP contribution in [-0.4, -0.2) is 22.1 Å². The van der Waals surface area contributed by atoms with Crippen LogP contribution in [0.5, 0.6) is 0 Å². The van der Waals surface area contributed by atoms with Gasteiger partial charge >= 0.3 is 5.97 Å². The van der Waals surface area contributed by atoms with E-state index in [-0.39, 0.29) is 37.8 Å². The second-order valence-corrected chi connectivity index (χ2v) is 8.71. The minimum Gasteiger partial charge on any atom is -0.463 e. The van der Waals surface area contributed by atoms with E-state index >= 15 is 0 Å². The summed E-state index contributed by atoms with van der Waals surface area (Å²) in [6.07, 6.45) is 1.33. The van der Waals surface area contributed by atoms with Gasteiger partial charge in [0.05, 0.1) is 38.4 Å². The van der Waals surface area contributed by atoms with Gasteiger partial charge in [0.15, 0.2) is 4.80 Å².